The molecule has 1 aliphatic rings. The van der Waals surface area contributed by atoms with Gasteiger partial charge in [0.05, 0.1) is 6.04 Å². The van der Waals surface area contributed by atoms with Gasteiger partial charge >= 0.3 is 6.18 Å². The van der Waals surface area contributed by atoms with Crippen LogP contribution in [0.2, 0.25) is 0 Å². The Morgan fingerprint density at radius 1 is 1.13 bits per heavy atom. The van der Waals surface area contributed by atoms with Crippen molar-refractivity contribution in [2.75, 3.05) is 10.6 Å². The average molecular weight is 493 g/mol. The number of hydrogen-bond acceptors (Lipinski definition) is 3. The Morgan fingerprint density at radius 3 is 2.48 bits per heavy atom. The highest BCUT2D eigenvalue weighted by atomic mass is 79.9. The monoisotopic (exact) mass is 492 g/mol. The van der Waals surface area contributed by atoms with Crippen LogP contribution in [0.5, 0.6) is 0 Å². The van der Waals surface area contributed by atoms with Crippen molar-refractivity contribution in [1.29, 1.82) is 0 Å². The summed E-state index contributed by atoms with van der Waals surface area (Å²) in [6.07, 6.45) is -4.73. The number of hydrogen-bond donors (Lipinski definition) is 2. The van der Waals surface area contributed by atoms with Crippen molar-refractivity contribution in [3.05, 3.63) is 75.4 Å². The molecule has 0 fully saturated rings. The number of benzene rings is 2. The third-order valence-electron chi connectivity index (χ3n) is 5.46. The van der Waals surface area contributed by atoms with E-state index in [0.29, 0.717) is 5.69 Å². The third-order valence-corrected chi connectivity index (χ3v) is 5.99. The summed E-state index contributed by atoms with van der Waals surface area (Å²) in [7, 11) is 0. The van der Waals surface area contributed by atoms with Crippen LogP contribution >= 0.6 is 15.9 Å². The van der Waals surface area contributed by atoms with Gasteiger partial charge in [0, 0.05) is 22.6 Å². The fourth-order valence-electron chi connectivity index (χ4n) is 3.61. The van der Waals surface area contributed by atoms with Crippen molar-refractivity contribution in [3.8, 4) is 0 Å². The summed E-state index contributed by atoms with van der Waals surface area (Å²) in [6, 6.07) is 11.5. The molecule has 2 aromatic carbocycles. The molecule has 0 saturated carbocycles. The molecule has 2 atom stereocenters. The Hall–Kier alpha value is -2.81. The quantitative estimate of drug-likeness (QED) is 0.459. The van der Waals surface area contributed by atoms with E-state index in [1.807, 2.05) is 26.0 Å². The van der Waals surface area contributed by atoms with E-state index in [1.165, 1.54) is 6.07 Å². The van der Waals surface area contributed by atoms with Gasteiger partial charge in [0.2, 0.25) is 0 Å². The SMILES string of the molecule is Cc1ccc(NC(=O)c2cc3n(n2)[C@H](C(F)(F)F)C[C@@H](c2ccc(Br)cc2)N3)cc1C. The van der Waals surface area contributed by atoms with Crippen LogP contribution in [0.4, 0.5) is 24.7 Å². The highest BCUT2D eigenvalue weighted by Gasteiger charge is 2.46. The second-order valence-electron chi connectivity index (χ2n) is 7.65. The summed E-state index contributed by atoms with van der Waals surface area (Å²) >= 11 is 3.33. The highest BCUT2D eigenvalue weighted by Crippen LogP contribution is 2.43. The van der Waals surface area contributed by atoms with Gasteiger partial charge in [-0.1, -0.05) is 34.1 Å². The van der Waals surface area contributed by atoms with Gasteiger partial charge < -0.3 is 10.6 Å². The van der Waals surface area contributed by atoms with Gasteiger partial charge in [-0.15, -0.1) is 0 Å². The maximum absolute atomic E-state index is 13.8. The lowest BCUT2D eigenvalue weighted by atomic mass is 9.97. The number of nitrogens with zero attached hydrogens (tertiary/aromatic N) is 2. The molecule has 3 aromatic rings. The number of carbonyl (C=O) groups excluding carboxylic acids is 1. The maximum Gasteiger partial charge on any atom is 0.410 e. The second-order valence-corrected chi connectivity index (χ2v) is 8.57. The van der Waals surface area contributed by atoms with Crippen LogP contribution in [0.1, 0.15) is 45.7 Å². The predicted octanol–water partition coefficient (Wildman–Crippen LogP) is 6.18. The lowest BCUT2D eigenvalue weighted by Gasteiger charge is -2.33. The Morgan fingerprint density at radius 2 is 1.84 bits per heavy atom. The first-order valence-electron chi connectivity index (χ1n) is 9.68. The molecule has 0 unspecified atom stereocenters. The van der Waals surface area contributed by atoms with E-state index >= 15 is 0 Å². The summed E-state index contributed by atoms with van der Waals surface area (Å²) in [4.78, 5) is 12.7. The van der Waals surface area contributed by atoms with Crippen molar-refractivity contribution < 1.29 is 18.0 Å². The van der Waals surface area contributed by atoms with Gasteiger partial charge in [0.1, 0.15) is 5.82 Å². The van der Waals surface area contributed by atoms with Gasteiger partial charge in [-0.3, -0.25) is 4.79 Å². The molecule has 1 aliphatic heterocycles. The Balaban J connectivity index is 1.63. The first kappa shape index (κ1) is 21.4. The number of halogens is 4. The molecule has 162 valence electrons. The molecule has 0 aliphatic carbocycles. The fourth-order valence-corrected chi connectivity index (χ4v) is 3.88. The summed E-state index contributed by atoms with van der Waals surface area (Å²) in [6.45, 7) is 3.87. The summed E-state index contributed by atoms with van der Waals surface area (Å²) in [5, 5.41) is 9.80. The van der Waals surface area contributed by atoms with Crippen LogP contribution in [0.25, 0.3) is 0 Å². The molecular formula is C22H20BrF3N4O. The third kappa shape index (κ3) is 4.46. The topological polar surface area (TPSA) is 59.0 Å². The van der Waals surface area contributed by atoms with Crippen LogP contribution < -0.4 is 10.6 Å². The number of rotatable bonds is 3. The van der Waals surface area contributed by atoms with E-state index in [-0.39, 0.29) is 17.9 Å². The molecule has 1 amide bonds. The van der Waals surface area contributed by atoms with Crippen molar-refractivity contribution >= 4 is 33.3 Å². The van der Waals surface area contributed by atoms with Crippen LogP contribution in [0.15, 0.2) is 53.0 Å². The number of aryl methyl sites for hydroxylation is 2. The molecule has 0 bridgehead atoms. The molecule has 9 heteroatoms. The van der Waals surface area contributed by atoms with Gasteiger partial charge in [0.15, 0.2) is 11.7 Å². The van der Waals surface area contributed by atoms with E-state index in [4.69, 9.17) is 0 Å². The number of amides is 1. The van der Waals surface area contributed by atoms with E-state index < -0.39 is 24.2 Å². The van der Waals surface area contributed by atoms with E-state index in [0.717, 1.165) is 25.8 Å². The molecule has 2 heterocycles. The minimum Gasteiger partial charge on any atom is -0.363 e. The minimum atomic E-state index is -4.50. The van der Waals surface area contributed by atoms with Gasteiger partial charge in [-0.05, 0) is 54.8 Å². The van der Waals surface area contributed by atoms with E-state index in [2.05, 4.69) is 31.7 Å². The molecule has 31 heavy (non-hydrogen) atoms. The molecule has 0 radical (unpaired) electrons. The molecule has 5 nitrogen and oxygen atoms in total. The van der Waals surface area contributed by atoms with Crippen LogP contribution in [-0.2, 0) is 0 Å². The second kappa shape index (κ2) is 8.03. The zero-order chi connectivity index (χ0) is 22.3. The first-order valence-corrected chi connectivity index (χ1v) is 10.5. The van der Waals surface area contributed by atoms with Gasteiger partial charge in [-0.25, -0.2) is 4.68 Å². The molecule has 1 aromatic heterocycles. The molecular weight excluding hydrogens is 473 g/mol. The first-order chi connectivity index (χ1) is 14.6. The van der Waals surface area contributed by atoms with Crippen LogP contribution in [0.3, 0.4) is 0 Å². The van der Waals surface area contributed by atoms with Crippen molar-refractivity contribution in [2.45, 2.75) is 38.5 Å². The Labute approximate surface area is 185 Å². The number of carbonyl (C=O) groups is 1. The molecule has 4 rings (SSSR count). The Kier molecular flexibility index (Phi) is 5.55. The number of alkyl halides is 3. The van der Waals surface area contributed by atoms with Gasteiger partial charge in [0.25, 0.3) is 5.91 Å². The lowest BCUT2D eigenvalue weighted by Crippen LogP contribution is -2.35. The normalized spacial score (nSPS) is 18.3. The standard InChI is InChI=1S/C22H20BrF3N4O/c1-12-3-8-16(9-13(12)2)27-21(31)18-11-20-28-17(14-4-6-15(23)7-5-14)10-19(22(24,25)26)30(20)29-18/h3-9,11,17,19,28H,10H2,1-2H3,(H,27,31)/t17-,19-/m0/s1. The molecule has 2 N–H and O–H groups in total. The minimum absolute atomic E-state index is 0.0774. The van der Waals surface area contributed by atoms with Crippen molar-refractivity contribution in [1.82, 2.24) is 9.78 Å². The number of fused-ring (bicyclic) bond motifs is 1. The highest BCUT2D eigenvalue weighted by molar-refractivity contribution is 9.10. The maximum atomic E-state index is 13.8. The van der Waals surface area contributed by atoms with E-state index in [9.17, 15) is 18.0 Å². The summed E-state index contributed by atoms with van der Waals surface area (Å²) < 4.78 is 43.2. The fraction of sp³-hybridized carbons (Fsp3) is 0.273. The number of nitrogens with one attached hydrogen (secondary N) is 2. The zero-order valence-electron chi connectivity index (χ0n) is 16.8. The smallest absolute Gasteiger partial charge is 0.363 e. The predicted molar refractivity (Wildman–Crippen MR) is 116 cm³/mol. The summed E-state index contributed by atoms with van der Waals surface area (Å²) in [5.41, 5.74) is 3.29. The largest absolute Gasteiger partial charge is 0.410 e. The van der Waals surface area contributed by atoms with Crippen LogP contribution in [-0.4, -0.2) is 21.9 Å². The summed E-state index contributed by atoms with van der Waals surface area (Å²) in [5.74, 6) is -0.403. The van der Waals surface area contributed by atoms with Gasteiger partial charge in [-0.2, -0.15) is 18.3 Å². The number of aromatic nitrogens is 2. The molecule has 0 spiro atoms. The Bertz CT molecular complexity index is 1120. The lowest BCUT2D eigenvalue weighted by molar-refractivity contribution is -0.173. The van der Waals surface area contributed by atoms with Crippen LogP contribution in [0, 0.1) is 13.8 Å². The average Bonchev–Trinajstić information content (AvgIpc) is 3.14. The molecule has 0 saturated heterocycles. The van der Waals surface area contributed by atoms with Crippen molar-refractivity contribution in [2.24, 2.45) is 0 Å². The number of anilines is 2. The van der Waals surface area contributed by atoms with E-state index in [1.54, 1.807) is 30.3 Å². The zero-order valence-corrected chi connectivity index (χ0v) is 18.4. The van der Waals surface area contributed by atoms with Crippen molar-refractivity contribution in [3.63, 3.8) is 0 Å².